The first-order valence-electron chi connectivity index (χ1n) is 11.0. The van der Waals surface area contributed by atoms with Gasteiger partial charge in [-0.3, -0.25) is 10.0 Å². The highest BCUT2D eigenvalue weighted by molar-refractivity contribution is 7.89. The van der Waals surface area contributed by atoms with Gasteiger partial charge in [-0.1, -0.05) is 18.2 Å². The van der Waals surface area contributed by atoms with E-state index in [1.165, 1.54) is 12.1 Å². The summed E-state index contributed by atoms with van der Waals surface area (Å²) in [5.74, 6) is 0.114. The van der Waals surface area contributed by atoms with Crippen LogP contribution < -0.4 is 10.2 Å². The molecular formula is C24H25N3O5S. The van der Waals surface area contributed by atoms with Gasteiger partial charge < -0.3 is 9.40 Å². The van der Waals surface area contributed by atoms with E-state index in [0.29, 0.717) is 12.0 Å². The number of H-pyrrole nitrogens is 1. The molecule has 4 aromatic rings. The molecule has 0 saturated heterocycles. The first-order chi connectivity index (χ1) is 16.0. The number of aromatic nitrogens is 1. The van der Waals surface area contributed by atoms with Crippen molar-refractivity contribution < 1.29 is 22.8 Å². The van der Waals surface area contributed by atoms with Gasteiger partial charge in [-0.2, -0.15) is 4.72 Å². The summed E-state index contributed by atoms with van der Waals surface area (Å²) < 4.78 is 34.6. The summed E-state index contributed by atoms with van der Waals surface area (Å²) in [6.45, 7) is 0. The Morgan fingerprint density at radius 3 is 2.79 bits per heavy atom. The molecule has 33 heavy (non-hydrogen) atoms. The molecule has 5 rings (SSSR count). The number of fused-ring (bicyclic) bond motifs is 4. The van der Waals surface area contributed by atoms with Gasteiger partial charge in [0.15, 0.2) is 0 Å². The quantitative estimate of drug-likeness (QED) is 0.244. The lowest BCUT2D eigenvalue weighted by Gasteiger charge is -2.17. The maximum Gasteiger partial charge on any atom is 0.261 e. The highest BCUT2D eigenvalue weighted by Gasteiger charge is 2.27. The Labute approximate surface area is 191 Å². The van der Waals surface area contributed by atoms with Crippen LogP contribution in [0, 0.1) is 0 Å². The Balaban J connectivity index is 1.38. The van der Waals surface area contributed by atoms with Crippen LogP contribution in [0.15, 0.2) is 58.0 Å². The van der Waals surface area contributed by atoms with Crippen molar-refractivity contribution >= 4 is 37.8 Å². The Morgan fingerprint density at radius 2 is 1.94 bits per heavy atom. The monoisotopic (exact) mass is 467 g/mol. The Morgan fingerprint density at radius 1 is 1.12 bits per heavy atom. The number of carbonyl (C=O) groups is 1. The fraction of sp³-hybridized carbons (Fsp3) is 0.292. The number of hydrogen-bond donors (Lipinski definition) is 4. The van der Waals surface area contributed by atoms with Crippen LogP contribution in [0.5, 0.6) is 0 Å². The Bertz CT molecular complexity index is 1440. The molecule has 1 aliphatic carbocycles. The number of furan rings is 1. The van der Waals surface area contributed by atoms with Crippen molar-refractivity contribution in [1.82, 2.24) is 15.2 Å². The Kier molecular flexibility index (Phi) is 5.69. The summed E-state index contributed by atoms with van der Waals surface area (Å²) in [7, 11) is -4.03. The van der Waals surface area contributed by atoms with Gasteiger partial charge in [-0.15, -0.1) is 0 Å². The molecule has 2 aromatic carbocycles. The third-order valence-electron chi connectivity index (χ3n) is 6.34. The van der Waals surface area contributed by atoms with E-state index in [-0.39, 0.29) is 11.3 Å². The predicted octanol–water partition coefficient (Wildman–Crippen LogP) is 3.58. The first-order valence-corrected chi connectivity index (χ1v) is 12.5. The van der Waals surface area contributed by atoms with Crippen molar-refractivity contribution in [3.05, 3.63) is 65.5 Å². The van der Waals surface area contributed by atoms with Gasteiger partial charge in [-0.25, -0.2) is 13.9 Å². The smallest absolute Gasteiger partial charge is 0.261 e. The molecule has 0 radical (unpaired) electrons. The van der Waals surface area contributed by atoms with Crippen LogP contribution in [0.2, 0.25) is 0 Å². The van der Waals surface area contributed by atoms with Crippen LogP contribution in [0.1, 0.15) is 36.1 Å². The first kappa shape index (κ1) is 21.7. The number of sulfonamides is 1. The molecule has 8 nitrogen and oxygen atoms in total. The number of hydrogen-bond acceptors (Lipinski definition) is 5. The van der Waals surface area contributed by atoms with Gasteiger partial charge in [0.05, 0.1) is 4.90 Å². The number of aromatic amines is 1. The van der Waals surface area contributed by atoms with Gasteiger partial charge in [0.2, 0.25) is 10.0 Å². The zero-order valence-electron chi connectivity index (χ0n) is 17.9. The molecule has 1 amide bonds. The fourth-order valence-electron chi connectivity index (χ4n) is 4.63. The number of aryl methyl sites for hydroxylation is 3. The van der Waals surface area contributed by atoms with E-state index in [0.717, 1.165) is 58.9 Å². The van der Waals surface area contributed by atoms with Crippen molar-refractivity contribution in [1.29, 1.82) is 0 Å². The van der Waals surface area contributed by atoms with Crippen LogP contribution in [-0.4, -0.2) is 30.6 Å². The van der Waals surface area contributed by atoms with E-state index in [9.17, 15) is 18.4 Å². The normalized spacial score (nSPS) is 14.9. The number of hydroxylamine groups is 1. The minimum atomic E-state index is -4.03. The number of carbonyl (C=O) groups excluding carboxylic acids is 1. The maximum atomic E-state index is 13.1. The highest BCUT2D eigenvalue weighted by Crippen LogP contribution is 2.33. The molecule has 1 atom stereocenters. The lowest BCUT2D eigenvalue weighted by molar-refractivity contribution is -0.131. The summed E-state index contributed by atoms with van der Waals surface area (Å²) in [5.41, 5.74) is 5.19. The van der Waals surface area contributed by atoms with Crippen LogP contribution in [0.4, 0.5) is 0 Å². The Hall–Kier alpha value is -3.14. The molecule has 172 valence electrons. The summed E-state index contributed by atoms with van der Waals surface area (Å²) in [6, 6.07) is 11.4. The van der Waals surface area contributed by atoms with E-state index in [1.807, 2.05) is 30.5 Å². The second kappa shape index (κ2) is 8.66. The lowest BCUT2D eigenvalue weighted by Crippen LogP contribution is -2.46. The van der Waals surface area contributed by atoms with Crippen LogP contribution >= 0.6 is 0 Å². The number of rotatable bonds is 7. The third-order valence-corrected chi connectivity index (χ3v) is 7.81. The standard InChI is InChI=1S/C24H25N3O5S/c28-24(26-29)21(12-9-15-14-25-20-7-3-1-5-17(15)20)27-33(30,31)16-10-11-19-18-6-2-4-8-22(18)32-23(19)13-16/h1,3,5,7,10-11,13-14,21,25,27,29H,2,4,6,8-9,12H2,(H,26,28)/t21-/m1/s1. The van der Waals surface area contributed by atoms with E-state index in [2.05, 4.69) is 9.71 Å². The number of nitrogens with one attached hydrogen (secondary N) is 3. The molecule has 1 aliphatic rings. The summed E-state index contributed by atoms with van der Waals surface area (Å²) >= 11 is 0. The van der Waals surface area contributed by atoms with Gasteiger partial charge >= 0.3 is 0 Å². The summed E-state index contributed by atoms with van der Waals surface area (Å²) in [5, 5.41) is 11.1. The van der Waals surface area contributed by atoms with E-state index >= 15 is 0 Å². The van der Waals surface area contributed by atoms with Crippen molar-refractivity contribution in [2.45, 2.75) is 49.5 Å². The fourth-order valence-corrected chi connectivity index (χ4v) is 5.87. The maximum absolute atomic E-state index is 13.1. The topological polar surface area (TPSA) is 124 Å². The van der Waals surface area contributed by atoms with Crippen molar-refractivity contribution in [3.63, 3.8) is 0 Å². The molecule has 0 saturated carbocycles. The highest BCUT2D eigenvalue weighted by atomic mass is 32.2. The van der Waals surface area contributed by atoms with Gasteiger partial charge in [0.25, 0.3) is 5.91 Å². The molecule has 9 heteroatoms. The van der Waals surface area contributed by atoms with Crippen molar-refractivity contribution in [2.75, 3.05) is 0 Å². The van der Waals surface area contributed by atoms with Gasteiger partial charge in [-0.05, 0) is 55.9 Å². The molecule has 2 aromatic heterocycles. The summed E-state index contributed by atoms with van der Waals surface area (Å²) in [6.07, 6.45) is 6.40. The van der Waals surface area contributed by atoms with Crippen LogP contribution in [0.25, 0.3) is 21.9 Å². The van der Waals surface area contributed by atoms with E-state index in [1.54, 1.807) is 11.5 Å². The second-order valence-electron chi connectivity index (χ2n) is 8.42. The number of amides is 1. The van der Waals surface area contributed by atoms with Gasteiger partial charge in [0.1, 0.15) is 17.4 Å². The average molecular weight is 468 g/mol. The number of para-hydroxylation sites is 1. The van der Waals surface area contributed by atoms with Crippen molar-refractivity contribution in [3.8, 4) is 0 Å². The third kappa shape index (κ3) is 4.15. The molecule has 0 spiro atoms. The minimum absolute atomic E-state index is 0.0175. The average Bonchev–Trinajstić information content (AvgIpc) is 3.42. The van der Waals surface area contributed by atoms with E-state index in [4.69, 9.17) is 4.42 Å². The predicted molar refractivity (Wildman–Crippen MR) is 124 cm³/mol. The van der Waals surface area contributed by atoms with Crippen molar-refractivity contribution in [2.24, 2.45) is 0 Å². The largest absolute Gasteiger partial charge is 0.461 e. The molecule has 0 fully saturated rings. The molecule has 4 N–H and O–H groups in total. The van der Waals surface area contributed by atoms with E-state index < -0.39 is 22.0 Å². The lowest BCUT2D eigenvalue weighted by atomic mass is 9.96. The zero-order chi connectivity index (χ0) is 23.0. The zero-order valence-corrected chi connectivity index (χ0v) is 18.7. The SMILES string of the molecule is O=C(NO)[C@@H](CCc1c[nH]c2ccccc12)NS(=O)(=O)c1ccc2c3c(oc2c1)CCCC3. The molecule has 2 heterocycles. The molecular weight excluding hydrogens is 442 g/mol. The second-order valence-corrected chi connectivity index (χ2v) is 10.1. The molecule has 0 unspecified atom stereocenters. The van der Waals surface area contributed by atoms with Crippen LogP contribution in [-0.2, 0) is 34.1 Å². The van der Waals surface area contributed by atoms with Crippen LogP contribution in [0.3, 0.4) is 0 Å². The number of benzene rings is 2. The molecule has 0 bridgehead atoms. The summed E-state index contributed by atoms with van der Waals surface area (Å²) in [4.78, 5) is 15.5. The van der Waals surface area contributed by atoms with Gasteiger partial charge in [0, 0.05) is 40.5 Å². The molecule has 0 aliphatic heterocycles. The minimum Gasteiger partial charge on any atom is -0.461 e.